The molecule has 2 heterocycles. The van der Waals surface area contributed by atoms with Gasteiger partial charge < -0.3 is 19.4 Å². The van der Waals surface area contributed by atoms with Crippen molar-refractivity contribution in [2.45, 2.75) is 32.2 Å². The van der Waals surface area contributed by atoms with Gasteiger partial charge in [-0.2, -0.15) is 0 Å². The number of hydrogen-bond donors (Lipinski definition) is 1. The van der Waals surface area contributed by atoms with Crippen molar-refractivity contribution in [3.05, 3.63) is 60.2 Å². The lowest BCUT2D eigenvalue weighted by molar-refractivity contribution is -0.915. The largest absolute Gasteiger partial charge is 0.495 e. The molecule has 2 aromatic rings. The Morgan fingerprint density at radius 1 is 1.00 bits per heavy atom. The number of piperazine rings is 1. The summed E-state index contributed by atoms with van der Waals surface area (Å²) < 4.78 is 5.53. The van der Waals surface area contributed by atoms with E-state index in [0.717, 1.165) is 70.0 Å². The highest BCUT2D eigenvalue weighted by molar-refractivity contribution is 5.80. The number of likely N-dealkylation sites (tertiary alicyclic amines) is 1. The van der Waals surface area contributed by atoms with Crippen LogP contribution in [0, 0.1) is 5.92 Å². The molecule has 5 heteroatoms. The fraction of sp³-hybridized carbons (Fsp3) is 0.500. The van der Waals surface area contributed by atoms with Crippen LogP contribution in [0.1, 0.15) is 25.3 Å². The lowest BCUT2D eigenvalue weighted by Crippen LogP contribution is -3.19. The zero-order valence-electron chi connectivity index (χ0n) is 18.9. The second-order valence-electron chi connectivity index (χ2n) is 9.00. The fourth-order valence-corrected chi connectivity index (χ4v) is 5.11. The van der Waals surface area contributed by atoms with E-state index >= 15 is 0 Å². The first-order chi connectivity index (χ1) is 15.2. The number of amides is 1. The van der Waals surface area contributed by atoms with E-state index in [1.807, 2.05) is 12.1 Å². The lowest BCUT2D eigenvalue weighted by Gasteiger charge is -2.39. The minimum absolute atomic E-state index is 0.0329. The van der Waals surface area contributed by atoms with E-state index in [4.69, 9.17) is 4.74 Å². The number of rotatable bonds is 6. The molecule has 1 N–H and O–H groups in total. The summed E-state index contributed by atoms with van der Waals surface area (Å²) in [4.78, 5) is 19.1. The number of quaternary nitrogens is 1. The van der Waals surface area contributed by atoms with Gasteiger partial charge in [0.2, 0.25) is 0 Å². The zero-order chi connectivity index (χ0) is 21.6. The van der Waals surface area contributed by atoms with Gasteiger partial charge >= 0.3 is 0 Å². The van der Waals surface area contributed by atoms with Crippen LogP contribution in [0.15, 0.2) is 54.6 Å². The molecule has 31 heavy (non-hydrogen) atoms. The summed E-state index contributed by atoms with van der Waals surface area (Å²) in [5.74, 6) is 1.95. The molecule has 2 aromatic carbocycles. The van der Waals surface area contributed by atoms with E-state index in [0.29, 0.717) is 11.8 Å². The average molecular weight is 423 g/mol. The van der Waals surface area contributed by atoms with Crippen LogP contribution < -0.4 is 14.5 Å². The molecule has 166 valence electrons. The topological polar surface area (TPSA) is 37.2 Å². The lowest BCUT2D eigenvalue weighted by atomic mass is 9.90. The van der Waals surface area contributed by atoms with E-state index in [9.17, 15) is 4.79 Å². The van der Waals surface area contributed by atoms with Gasteiger partial charge in [0, 0.05) is 13.1 Å². The molecule has 0 unspecified atom stereocenters. The monoisotopic (exact) mass is 422 g/mol. The Balaban J connectivity index is 1.26. The molecule has 2 saturated heterocycles. The molecule has 2 fully saturated rings. The van der Waals surface area contributed by atoms with Gasteiger partial charge in [-0.3, -0.25) is 4.79 Å². The van der Waals surface area contributed by atoms with Gasteiger partial charge in [-0.1, -0.05) is 42.5 Å². The van der Waals surface area contributed by atoms with Gasteiger partial charge in [-0.15, -0.1) is 0 Å². The molecule has 4 rings (SSSR count). The molecule has 5 nitrogen and oxygen atoms in total. The SMILES string of the molecule is COc1ccccc1N1CC[NH+]([C@H](C)C(=O)N2CCC(Cc3ccccc3)CC2)CC1. The number of nitrogens with zero attached hydrogens (tertiary/aromatic N) is 2. The smallest absolute Gasteiger partial charge is 0.280 e. The van der Waals surface area contributed by atoms with E-state index in [2.05, 4.69) is 59.2 Å². The van der Waals surface area contributed by atoms with Crippen molar-refractivity contribution >= 4 is 11.6 Å². The minimum Gasteiger partial charge on any atom is -0.495 e. The summed E-state index contributed by atoms with van der Waals surface area (Å²) in [5, 5.41) is 0. The van der Waals surface area contributed by atoms with Crippen LogP contribution >= 0.6 is 0 Å². The average Bonchev–Trinajstić information content (AvgIpc) is 2.84. The van der Waals surface area contributed by atoms with Crippen LogP contribution in [0.5, 0.6) is 5.75 Å². The Hall–Kier alpha value is -2.53. The second-order valence-corrected chi connectivity index (χ2v) is 9.00. The third-order valence-electron chi connectivity index (χ3n) is 7.11. The first kappa shape index (κ1) is 21.7. The molecule has 1 amide bonds. The zero-order valence-corrected chi connectivity index (χ0v) is 18.9. The van der Waals surface area contributed by atoms with Gasteiger partial charge in [0.15, 0.2) is 6.04 Å². The molecule has 0 aromatic heterocycles. The number of hydrogen-bond acceptors (Lipinski definition) is 3. The Morgan fingerprint density at radius 3 is 2.32 bits per heavy atom. The number of carbonyl (C=O) groups is 1. The van der Waals surface area contributed by atoms with E-state index in [1.165, 1.54) is 10.5 Å². The summed E-state index contributed by atoms with van der Waals surface area (Å²) in [6.07, 6.45) is 3.36. The van der Waals surface area contributed by atoms with Crippen LogP contribution in [0.2, 0.25) is 0 Å². The van der Waals surface area contributed by atoms with Crippen molar-refractivity contribution in [3.63, 3.8) is 0 Å². The summed E-state index contributed by atoms with van der Waals surface area (Å²) in [7, 11) is 1.73. The van der Waals surface area contributed by atoms with Crippen LogP contribution in [0.25, 0.3) is 0 Å². The Kier molecular flexibility index (Phi) is 7.13. The number of para-hydroxylation sites is 2. The molecule has 0 bridgehead atoms. The number of methoxy groups -OCH3 is 1. The van der Waals surface area contributed by atoms with Crippen molar-refractivity contribution in [2.24, 2.45) is 5.92 Å². The predicted octanol–water partition coefficient (Wildman–Crippen LogP) is 2.27. The molecule has 0 saturated carbocycles. The molecule has 2 aliphatic heterocycles. The van der Waals surface area contributed by atoms with Crippen molar-refractivity contribution in [3.8, 4) is 5.75 Å². The molecular weight excluding hydrogens is 386 g/mol. The van der Waals surface area contributed by atoms with Crippen LogP contribution in [0.3, 0.4) is 0 Å². The fourth-order valence-electron chi connectivity index (χ4n) is 5.11. The predicted molar refractivity (Wildman–Crippen MR) is 125 cm³/mol. The molecule has 1 atom stereocenters. The maximum absolute atomic E-state index is 13.2. The molecule has 0 radical (unpaired) electrons. The number of ether oxygens (including phenoxy) is 1. The van der Waals surface area contributed by atoms with Gasteiger partial charge in [0.25, 0.3) is 5.91 Å². The first-order valence-electron chi connectivity index (χ1n) is 11.7. The normalized spacial score (nSPS) is 19.3. The third kappa shape index (κ3) is 5.21. The molecule has 2 aliphatic rings. The minimum atomic E-state index is 0.0329. The van der Waals surface area contributed by atoms with Crippen LogP contribution in [-0.4, -0.2) is 63.2 Å². The molecular formula is C26H36N3O2+. The highest BCUT2D eigenvalue weighted by atomic mass is 16.5. The Labute approximate surface area is 186 Å². The third-order valence-corrected chi connectivity index (χ3v) is 7.11. The van der Waals surface area contributed by atoms with Gasteiger partial charge in [-0.05, 0) is 49.8 Å². The maximum Gasteiger partial charge on any atom is 0.280 e. The summed E-state index contributed by atoms with van der Waals surface area (Å²) in [6.45, 7) is 7.79. The van der Waals surface area contributed by atoms with E-state index in [1.54, 1.807) is 7.11 Å². The number of benzene rings is 2. The number of piperidine rings is 1. The highest BCUT2D eigenvalue weighted by Gasteiger charge is 2.34. The summed E-state index contributed by atoms with van der Waals surface area (Å²) in [5.41, 5.74) is 2.57. The maximum atomic E-state index is 13.2. The summed E-state index contributed by atoms with van der Waals surface area (Å²) >= 11 is 0. The summed E-state index contributed by atoms with van der Waals surface area (Å²) in [6, 6.07) is 19.0. The number of carbonyl (C=O) groups excluding carboxylic acids is 1. The quantitative estimate of drug-likeness (QED) is 0.776. The Bertz CT molecular complexity index is 841. The Morgan fingerprint density at radius 2 is 1.65 bits per heavy atom. The van der Waals surface area contributed by atoms with E-state index < -0.39 is 0 Å². The highest BCUT2D eigenvalue weighted by Crippen LogP contribution is 2.27. The van der Waals surface area contributed by atoms with Crippen molar-refractivity contribution in [1.82, 2.24) is 4.90 Å². The molecule has 0 spiro atoms. The number of anilines is 1. The van der Waals surface area contributed by atoms with Crippen molar-refractivity contribution < 1.29 is 14.4 Å². The first-order valence-corrected chi connectivity index (χ1v) is 11.7. The second kappa shape index (κ2) is 10.2. The van der Waals surface area contributed by atoms with Crippen molar-refractivity contribution in [1.29, 1.82) is 0 Å². The number of nitrogens with one attached hydrogen (secondary N) is 1. The van der Waals surface area contributed by atoms with Crippen molar-refractivity contribution in [2.75, 3.05) is 51.3 Å². The van der Waals surface area contributed by atoms with Crippen LogP contribution in [-0.2, 0) is 11.2 Å². The standard InChI is InChI=1S/C26H35N3O2/c1-21(27-16-18-28(19-17-27)24-10-6-7-11-25(24)31-2)26(30)29-14-12-23(13-15-29)20-22-8-4-3-5-9-22/h3-11,21,23H,12-20H2,1-2H3/p+1/t21-/m1/s1. The van der Waals surface area contributed by atoms with Gasteiger partial charge in [-0.25, -0.2) is 0 Å². The molecule has 0 aliphatic carbocycles. The van der Waals surface area contributed by atoms with Gasteiger partial charge in [0.05, 0.1) is 39.0 Å². The van der Waals surface area contributed by atoms with Crippen LogP contribution in [0.4, 0.5) is 5.69 Å². The van der Waals surface area contributed by atoms with Gasteiger partial charge in [0.1, 0.15) is 5.75 Å². The van der Waals surface area contributed by atoms with E-state index in [-0.39, 0.29) is 6.04 Å².